The molecule has 2 aromatic carbocycles. The summed E-state index contributed by atoms with van der Waals surface area (Å²) in [6.07, 6.45) is -5.24. The summed E-state index contributed by atoms with van der Waals surface area (Å²) in [6, 6.07) is 22.6. The molecule has 0 radical (unpaired) electrons. The molecule has 1 aliphatic heterocycles. The highest BCUT2D eigenvalue weighted by Crippen LogP contribution is 2.38. The van der Waals surface area contributed by atoms with E-state index in [1.807, 2.05) is 65.6 Å². The fourth-order valence-corrected chi connectivity index (χ4v) is 7.29. The van der Waals surface area contributed by atoms with E-state index in [0.717, 1.165) is 11.1 Å². The normalized spacial score (nSPS) is 21.0. The van der Waals surface area contributed by atoms with Crippen molar-refractivity contribution in [2.24, 2.45) is 0 Å². The molecule has 1 saturated carbocycles. The van der Waals surface area contributed by atoms with Crippen LogP contribution in [0.5, 0.6) is 0 Å². The van der Waals surface area contributed by atoms with Gasteiger partial charge in [0.15, 0.2) is 23.1 Å². The van der Waals surface area contributed by atoms with Crippen LogP contribution in [0.2, 0.25) is 0 Å². The predicted molar refractivity (Wildman–Crippen MR) is 199 cm³/mol. The van der Waals surface area contributed by atoms with Crippen molar-refractivity contribution in [1.29, 1.82) is 0 Å². The van der Waals surface area contributed by atoms with Gasteiger partial charge in [-0.2, -0.15) is 23.1 Å². The largest absolute Gasteiger partial charge is 0.490 e. The van der Waals surface area contributed by atoms with Crippen LogP contribution in [0.1, 0.15) is 59.8 Å². The van der Waals surface area contributed by atoms with Crippen LogP contribution in [0.3, 0.4) is 0 Å². The first-order chi connectivity index (χ1) is 27.0. The average Bonchev–Trinajstić information content (AvgIpc) is 3.93. The fraction of sp³-hybridized carbons (Fsp3) is 0.359. The van der Waals surface area contributed by atoms with Gasteiger partial charge in [-0.15, -0.1) is 0 Å². The van der Waals surface area contributed by atoms with Crippen molar-refractivity contribution in [1.82, 2.24) is 35.1 Å². The van der Waals surface area contributed by atoms with Crippen molar-refractivity contribution in [3.63, 3.8) is 0 Å². The Bertz CT molecular complexity index is 2120. The van der Waals surface area contributed by atoms with Crippen molar-refractivity contribution in [3.8, 4) is 0 Å². The molecule has 17 heteroatoms. The lowest BCUT2D eigenvalue weighted by Crippen LogP contribution is -2.47. The lowest BCUT2D eigenvalue weighted by atomic mass is 9.91. The van der Waals surface area contributed by atoms with Gasteiger partial charge in [0.05, 0.1) is 18.4 Å². The number of fused-ring (bicyclic) bond motifs is 1. The Labute approximate surface area is 319 Å². The molecule has 2 aliphatic rings. The average molecular weight is 772 g/mol. The molecule has 14 nitrogen and oxygen atoms in total. The maximum absolute atomic E-state index is 13.3. The fourth-order valence-electron chi connectivity index (χ4n) is 7.29. The number of nitrogens with zero attached hydrogens (tertiary/aromatic N) is 6. The summed E-state index contributed by atoms with van der Waals surface area (Å²) in [4.78, 5) is 57.7. The molecule has 292 valence electrons. The summed E-state index contributed by atoms with van der Waals surface area (Å²) >= 11 is 0. The topological polar surface area (TPSA) is 176 Å². The number of anilines is 2. The molecule has 56 heavy (non-hydrogen) atoms. The maximum atomic E-state index is 13.3. The molecule has 2 fully saturated rings. The van der Waals surface area contributed by atoms with E-state index in [-0.39, 0.29) is 48.0 Å². The number of carbonyl (C=O) groups excluding carboxylic acids is 3. The molecule has 7 rings (SSSR count). The number of rotatable bonds is 12. The zero-order valence-corrected chi connectivity index (χ0v) is 30.3. The van der Waals surface area contributed by atoms with E-state index in [1.165, 1.54) is 10.9 Å². The molecule has 5 aromatic rings. The number of aromatic nitrogens is 5. The first-order valence-corrected chi connectivity index (χ1v) is 18.3. The Balaban J connectivity index is 1.23. The minimum absolute atomic E-state index is 0.0168. The molecular formula is C39H40F3N9O5. The quantitative estimate of drug-likeness (QED) is 0.134. The molecular weight excluding hydrogens is 731 g/mol. The van der Waals surface area contributed by atoms with Gasteiger partial charge < -0.3 is 35.3 Å². The number of aliphatic hydroxyl groups is 1. The van der Waals surface area contributed by atoms with E-state index < -0.39 is 42.3 Å². The molecule has 4 N–H and O–H groups in total. The third-order valence-electron chi connectivity index (χ3n) is 10.1. The molecule has 2 amide bonds. The third kappa shape index (κ3) is 8.27. The summed E-state index contributed by atoms with van der Waals surface area (Å²) in [7, 11) is 0. The van der Waals surface area contributed by atoms with Crippen molar-refractivity contribution in [2.45, 2.75) is 68.6 Å². The zero-order valence-electron chi connectivity index (χ0n) is 30.3. The SMILES string of the molecule is CCC(=O)N[C@H]1C[C@@H](n2cnc3c(NCC(c4ccccc4)c4ccccc4)nc(N4CC[C@@H](NC(=O)c5ccccn5)C4)nc32)[C@H](O)[C@@H]1OC(=O)C(F)(F)F. The summed E-state index contributed by atoms with van der Waals surface area (Å²) < 4.78 is 46.3. The molecule has 5 atom stereocenters. The molecule has 3 aromatic heterocycles. The standard InChI is InChI=1S/C39H40F3N9O5/c1-2-30(52)47-28-19-29(32(53)33(28)56-37(55)39(40,41)42)51-22-45-31-34(44-20-26(23-11-5-3-6-12-23)24-13-7-4-8-14-24)48-38(49-35(31)51)50-18-16-25(21-50)46-36(54)27-15-9-10-17-43-27/h3-15,17,22,25-26,28-29,32-33,53H,2,16,18-21H2,1H3,(H,46,54)(H,47,52)(H,44,48,49)/t25-,28+,29-,32+,33-/m1/s1. The number of aliphatic hydroxyl groups excluding tert-OH is 1. The summed E-state index contributed by atoms with van der Waals surface area (Å²) in [6.45, 7) is 2.80. The van der Waals surface area contributed by atoms with Gasteiger partial charge in [0.1, 0.15) is 11.8 Å². The second-order valence-electron chi connectivity index (χ2n) is 13.8. The van der Waals surface area contributed by atoms with E-state index in [4.69, 9.17) is 14.7 Å². The Morgan fingerprint density at radius 1 is 0.946 bits per heavy atom. The van der Waals surface area contributed by atoms with Crippen LogP contribution in [0.15, 0.2) is 91.4 Å². The summed E-state index contributed by atoms with van der Waals surface area (Å²) in [5, 5.41) is 20.6. The Morgan fingerprint density at radius 2 is 1.64 bits per heavy atom. The zero-order chi connectivity index (χ0) is 39.4. The van der Waals surface area contributed by atoms with Gasteiger partial charge in [-0.3, -0.25) is 14.6 Å². The van der Waals surface area contributed by atoms with Gasteiger partial charge in [0, 0.05) is 44.2 Å². The minimum Gasteiger partial charge on any atom is -0.451 e. The van der Waals surface area contributed by atoms with E-state index in [1.54, 1.807) is 31.3 Å². The first kappa shape index (κ1) is 38.2. The van der Waals surface area contributed by atoms with Gasteiger partial charge in [-0.25, -0.2) is 9.78 Å². The van der Waals surface area contributed by atoms with Crippen molar-refractivity contribution in [3.05, 3.63) is 108 Å². The number of benzene rings is 2. The van der Waals surface area contributed by atoms with Crippen molar-refractivity contribution >= 4 is 40.7 Å². The molecule has 0 bridgehead atoms. The first-order valence-electron chi connectivity index (χ1n) is 18.3. The van der Waals surface area contributed by atoms with Crippen LogP contribution in [-0.4, -0.2) is 97.5 Å². The summed E-state index contributed by atoms with van der Waals surface area (Å²) in [5.41, 5.74) is 2.98. The molecule has 4 heterocycles. The van der Waals surface area contributed by atoms with Crippen LogP contribution in [-0.2, 0) is 14.3 Å². The number of hydrogen-bond donors (Lipinski definition) is 4. The van der Waals surface area contributed by atoms with E-state index in [2.05, 4.69) is 25.9 Å². The van der Waals surface area contributed by atoms with Gasteiger partial charge in [-0.05, 0) is 36.1 Å². The number of alkyl halides is 3. The van der Waals surface area contributed by atoms with Crippen LogP contribution < -0.4 is 20.9 Å². The van der Waals surface area contributed by atoms with Crippen LogP contribution in [0.4, 0.5) is 24.9 Å². The highest BCUT2D eigenvalue weighted by molar-refractivity contribution is 5.92. The van der Waals surface area contributed by atoms with Crippen molar-refractivity contribution in [2.75, 3.05) is 29.9 Å². The molecule has 1 saturated heterocycles. The molecule has 0 unspecified atom stereocenters. The van der Waals surface area contributed by atoms with E-state index >= 15 is 0 Å². The smallest absolute Gasteiger partial charge is 0.451 e. The second kappa shape index (κ2) is 16.3. The van der Waals surface area contributed by atoms with Gasteiger partial charge >= 0.3 is 12.1 Å². The summed E-state index contributed by atoms with van der Waals surface area (Å²) in [5.74, 6) is -2.74. The Hall–Kier alpha value is -6.10. The number of nitrogens with one attached hydrogen (secondary N) is 3. The predicted octanol–water partition coefficient (Wildman–Crippen LogP) is 4.15. The number of pyridine rings is 1. The number of ether oxygens (including phenoxy) is 1. The Kier molecular flexibility index (Phi) is 11.1. The molecule has 1 aliphatic carbocycles. The van der Waals surface area contributed by atoms with Crippen LogP contribution >= 0.6 is 0 Å². The lowest BCUT2D eigenvalue weighted by Gasteiger charge is -2.24. The number of esters is 1. The number of hydrogen-bond acceptors (Lipinski definition) is 11. The minimum atomic E-state index is -5.32. The third-order valence-corrected chi connectivity index (χ3v) is 10.1. The highest BCUT2D eigenvalue weighted by atomic mass is 19.4. The van der Waals surface area contributed by atoms with Crippen LogP contribution in [0, 0.1) is 0 Å². The Morgan fingerprint density at radius 3 is 2.29 bits per heavy atom. The number of amides is 2. The second-order valence-corrected chi connectivity index (χ2v) is 13.8. The number of halogens is 3. The van der Waals surface area contributed by atoms with E-state index in [0.29, 0.717) is 37.4 Å². The number of imidazole rings is 1. The van der Waals surface area contributed by atoms with Crippen molar-refractivity contribution < 1.29 is 37.4 Å². The monoisotopic (exact) mass is 771 g/mol. The molecule has 0 spiro atoms. The lowest BCUT2D eigenvalue weighted by molar-refractivity contribution is -0.209. The van der Waals surface area contributed by atoms with Crippen LogP contribution in [0.25, 0.3) is 11.2 Å². The van der Waals surface area contributed by atoms with Gasteiger partial charge in [0.25, 0.3) is 5.91 Å². The van der Waals surface area contributed by atoms with Gasteiger partial charge in [0.2, 0.25) is 11.9 Å². The van der Waals surface area contributed by atoms with Gasteiger partial charge in [-0.1, -0.05) is 73.7 Å². The number of carbonyl (C=O) groups is 3. The van der Waals surface area contributed by atoms with E-state index in [9.17, 15) is 32.7 Å². The highest BCUT2D eigenvalue weighted by Gasteiger charge is 2.51. The maximum Gasteiger partial charge on any atom is 0.490 e.